The van der Waals surface area contributed by atoms with Gasteiger partial charge in [0.1, 0.15) is 11.5 Å². The van der Waals surface area contributed by atoms with Crippen LogP contribution in [0.15, 0.2) is 48.5 Å². The molecule has 3 aliphatic carbocycles. The van der Waals surface area contributed by atoms with Crippen molar-refractivity contribution in [3.8, 4) is 5.75 Å². The van der Waals surface area contributed by atoms with Gasteiger partial charge in [-0.1, -0.05) is 24.3 Å². The van der Waals surface area contributed by atoms with Crippen LogP contribution in [-0.4, -0.2) is 24.2 Å². The summed E-state index contributed by atoms with van der Waals surface area (Å²) in [4.78, 5) is 40.4. The minimum Gasteiger partial charge on any atom is -0.494 e. The van der Waals surface area contributed by atoms with Crippen LogP contribution in [0, 0.1) is 11.8 Å². The Morgan fingerprint density at radius 3 is 2.30 bits per heavy atom. The van der Waals surface area contributed by atoms with Crippen LogP contribution in [0.5, 0.6) is 5.75 Å². The molecule has 4 atom stereocenters. The topological polar surface area (TPSA) is 63.7 Å². The number of ether oxygens (including phenoxy) is 1. The Kier molecular flexibility index (Phi) is 3.47. The molecule has 0 N–H and O–H groups in total. The lowest BCUT2D eigenvalue weighted by Crippen LogP contribution is -2.44. The molecule has 1 heterocycles. The van der Waals surface area contributed by atoms with Gasteiger partial charge in [-0.25, -0.2) is 0 Å². The van der Waals surface area contributed by atoms with Gasteiger partial charge in [0.2, 0.25) is 11.8 Å². The van der Waals surface area contributed by atoms with Crippen molar-refractivity contribution in [1.29, 1.82) is 0 Å². The van der Waals surface area contributed by atoms with Gasteiger partial charge in [-0.2, -0.15) is 0 Å². The Balaban J connectivity index is 1.57. The zero-order chi connectivity index (χ0) is 18.7. The molecule has 4 aliphatic rings. The molecule has 1 saturated heterocycles. The second-order valence-corrected chi connectivity index (χ2v) is 7.37. The smallest absolute Gasteiger partial charge is 0.238 e. The first-order valence-corrected chi connectivity index (χ1v) is 9.34. The molecular weight excluding hydrogens is 342 g/mol. The number of carbonyl (C=O) groups excluding carboxylic acids is 3. The van der Waals surface area contributed by atoms with Crippen LogP contribution in [0.2, 0.25) is 0 Å². The van der Waals surface area contributed by atoms with Gasteiger partial charge in [0.05, 0.1) is 30.0 Å². The molecule has 1 saturated carbocycles. The van der Waals surface area contributed by atoms with E-state index in [1.165, 1.54) is 4.90 Å². The SMILES string of the molecule is CCOc1ccc(N2C(=O)[C@@H]3[C@H](C2=O)[C@H]2C(=O)C[C@@H]3c3ccccc32)cc1. The molecule has 2 aromatic rings. The molecule has 0 radical (unpaired) electrons. The summed E-state index contributed by atoms with van der Waals surface area (Å²) < 4.78 is 5.44. The second kappa shape index (κ2) is 5.78. The van der Waals surface area contributed by atoms with Crippen LogP contribution in [0.4, 0.5) is 5.69 Å². The van der Waals surface area contributed by atoms with Crippen molar-refractivity contribution in [1.82, 2.24) is 0 Å². The summed E-state index contributed by atoms with van der Waals surface area (Å²) in [5.41, 5.74) is 2.52. The van der Waals surface area contributed by atoms with Gasteiger partial charge in [0.15, 0.2) is 0 Å². The lowest BCUT2D eigenvalue weighted by Gasteiger charge is -2.43. The van der Waals surface area contributed by atoms with E-state index in [2.05, 4.69) is 0 Å². The number of hydrogen-bond acceptors (Lipinski definition) is 4. The van der Waals surface area contributed by atoms with E-state index in [1.807, 2.05) is 31.2 Å². The summed E-state index contributed by atoms with van der Waals surface area (Å²) >= 11 is 0. The standard InChI is InChI=1S/C22H19NO4/c1-2-27-13-9-7-12(8-10-13)23-21(25)19-16-11-17(24)18(20(19)22(23)26)15-6-4-3-5-14(15)16/h3-10,16,18-20H,2,11H2,1H3/t16-,18-,19+,20-/m1/s1. The zero-order valence-electron chi connectivity index (χ0n) is 14.9. The van der Waals surface area contributed by atoms with Crippen LogP contribution >= 0.6 is 0 Å². The van der Waals surface area contributed by atoms with Crippen LogP contribution in [0.3, 0.4) is 0 Å². The monoisotopic (exact) mass is 361 g/mol. The third-order valence-electron chi connectivity index (χ3n) is 6.10. The summed E-state index contributed by atoms with van der Waals surface area (Å²) in [5.74, 6) is -1.40. The van der Waals surface area contributed by atoms with E-state index >= 15 is 0 Å². The van der Waals surface area contributed by atoms with E-state index < -0.39 is 17.8 Å². The lowest BCUT2D eigenvalue weighted by atomic mass is 9.56. The van der Waals surface area contributed by atoms with Gasteiger partial charge in [-0.3, -0.25) is 19.3 Å². The number of anilines is 1. The number of carbonyl (C=O) groups is 3. The molecule has 2 aromatic carbocycles. The second-order valence-electron chi connectivity index (χ2n) is 7.37. The molecule has 2 amide bonds. The molecule has 5 heteroatoms. The minimum absolute atomic E-state index is 0.0784. The van der Waals surface area contributed by atoms with Crippen molar-refractivity contribution in [3.63, 3.8) is 0 Å². The van der Waals surface area contributed by atoms with Gasteiger partial charge in [-0.15, -0.1) is 0 Å². The predicted octanol–water partition coefficient (Wildman–Crippen LogP) is 3.04. The van der Waals surface area contributed by atoms with E-state index in [0.29, 0.717) is 24.5 Å². The fourth-order valence-electron chi connectivity index (χ4n) is 5.07. The molecule has 6 rings (SSSR count). The van der Waals surface area contributed by atoms with Crippen molar-refractivity contribution >= 4 is 23.3 Å². The molecule has 27 heavy (non-hydrogen) atoms. The highest BCUT2D eigenvalue weighted by molar-refractivity contribution is 6.24. The molecular formula is C22H19NO4. The summed E-state index contributed by atoms with van der Waals surface area (Å²) in [6.45, 7) is 2.45. The highest BCUT2D eigenvalue weighted by atomic mass is 16.5. The highest BCUT2D eigenvalue weighted by Gasteiger charge is 2.62. The van der Waals surface area contributed by atoms with Crippen LogP contribution in [0.1, 0.15) is 36.3 Å². The maximum Gasteiger partial charge on any atom is 0.238 e. The van der Waals surface area contributed by atoms with Crippen LogP contribution in [0.25, 0.3) is 0 Å². The zero-order valence-corrected chi connectivity index (χ0v) is 14.9. The number of hydrogen-bond donors (Lipinski definition) is 0. The minimum atomic E-state index is -0.579. The number of ketones is 1. The van der Waals surface area contributed by atoms with E-state index in [4.69, 9.17) is 4.74 Å². The normalized spacial score (nSPS) is 28.3. The molecule has 0 aromatic heterocycles. The maximum absolute atomic E-state index is 13.2. The molecule has 2 fully saturated rings. The maximum atomic E-state index is 13.2. The number of Topliss-reactive ketones (excluding diaryl/α,β-unsaturated/α-hetero) is 1. The summed E-state index contributed by atoms with van der Waals surface area (Å²) in [6, 6.07) is 14.7. The number of amides is 2. The van der Waals surface area contributed by atoms with Gasteiger partial charge >= 0.3 is 0 Å². The van der Waals surface area contributed by atoms with Crippen molar-refractivity contribution in [2.75, 3.05) is 11.5 Å². The molecule has 1 aliphatic heterocycles. The Hall–Kier alpha value is -2.95. The number of imide groups is 1. The van der Waals surface area contributed by atoms with Crippen molar-refractivity contribution in [2.45, 2.75) is 25.2 Å². The van der Waals surface area contributed by atoms with Crippen LogP contribution < -0.4 is 9.64 Å². The van der Waals surface area contributed by atoms with E-state index in [9.17, 15) is 14.4 Å². The average Bonchev–Trinajstić information content (AvgIpc) is 2.95. The third-order valence-corrected chi connectivity index (χ3v) is 6.10. The van der Waals surface area contributed by atoms with Gasteiger partial charge in [0, 0.05) is 12.3 Å². The summed E-state index contributed by atoms with van der Waals surface area (Å²) in [7, 11) is 0. The highest BCUT2D eigenvalue weighted by Crippen LogP contribution is 2.57. The van der Waals surface area contributed by atoms with E-state index in [1.54, 1.807) is 24.3 Å². The predicted molar refractivity (Wildman–Crippen MR) is 98.6 cm³/mol. The summed E-state index contributed by atoms with van der Waals surface area (Å²) in [6.07, 6.45) is 0.346. The first kappa shape index (κ1) is 16.2. The van der Waals surface area contributed by atoms with Crippen molar-refractivity contribution < 1.29 is 19.1 Å². The lowest BCUT2D eigenvalue weighted by molar-refractivity contribution is -0.134. The Labute approximate surface area is 156 Å². The Bertz CT molecular complexity index is 965. The number of rotatable bonds is 3. The molecule has 5 nitrogen and oxygen atoms in total. The number of benzene rings is 2. The first-order valence-electron chi connectivity index (χ1n) is 9.34. The van der Waals surface area contributed by atoms with Crippen LogP contribution in [-0.2, 0) is 14.4 Å². The fourth-order valence-corrected chi connectivity index (χ4v) is 5.07. The molecule has 0 unspecified atom stereocenters. The number of nitrogens with zero attached hydrogens (tertiary/aromatic N) is 1. The van der Waals surface area contributed by atoms with Crippen molar-refractivity contribution in [2.24, 2.45) is 11.8 Å². The van der Waals surface area contributed by atoms with Gasteiger partial charge < -0.3 is 4.74 Å². The quantitative estimate of drug-likeness (QED) is 0.789. The number of fused-ring (bicyclic) bond motifs is 1. The molecule has 2 bridgehead atoms. The largest absolute Gasteiger partial charge is 0.494 e. The van der Waals surface area contributed by atoms with Gasteiger partial charge in [0.25, 0.3) is 0 Å². The summed E-state index contributed by atoms with van der Waals surface area (Å²) in [5, 5.41) is 0. The first-order chi connectivity index (χ1) is 13.1. The van der Waals surface area contributed by atoms with Gasteiger partial charge in [-0.05, 0) is 42.3 Å². The third kappa shape index (κ3) is 2.14. The van der Waals surface area contributed by atoms with E-state index in [-0.39, 0.29) is 23.5 Å². The molecule has 136 valence electrons. The Morgan fingerprint density at radius 1 is 0.926 bits per heavy atom. The van der Waals surface area contributed by atoms with Crippen molar-refractivity contribution in [3.05, 3.63) is 59.7 Å². The average molecular weight is 361 g/mol. The molecule has 0 spiro atoms. The Morgan fingerprint density at radius 2 is 1.59 bits per heavy atom. The van der Waals surface area contributed by atoms with E-state index in [0.717, 1.165) is 11.1 Å². The fraction of sp³-hybridized carbons (Fsp3) is 0.318.